The predicted octanol–water partition coefficient (Wildman–Crippen LogP) is 1.45. The van der Waals surface area contributed by atoms with Crippen molar-refractivity contribution in [2.45, 2.75) is 0 Å². The molecule has 0 aliphatic rings. The van der Waals surface area contributed by atoms with Crippen molar-refractivity contribution in [1.29, 1.82) is 0 Å². The largest absolute Gasteiger partial charge is 0.379 e. The van der Waals surface area contributed by atoms with Crippen LogP contribution in [0.5, 0.6) is 0 Å². The lowest BCUT2D eigenvalue weighted by Crippen LogP contribution is -2.14. The van der Waals surface area contributed by atoms with Crippen molar-refractivity contribution in [3.05, 3.63) is 42.4 Å². The molecule has 7 nitrogen and oxygen atoms in total. The van der Waals surface area contributed by atoms with Crippen LogP contribution in [0.1, 0.15) is 10.5 Å². The Hall–Kier alpha value is -2.96. The van der Waals surface area contributed by atoms with Crippen LogP contribution in [0.3, 0.4) is 0 Å². The Bertz CT molecular complexity index is 747. The van der Waals surface area contributed by atoms with Crippen molar-refractivity contribution >= 4 is 28.2 Å². The van der Waals surface area contributed by atoms with Crippen LogP contribution < -0.4 is 11.1 Å². The Labute approximate surface area is 107 Å². The van der Waals surface area contributed by atoms with Crippen LogP contribution in [0.2, 0.25) is 0 Å². The summed E-state index contributed by atoms with van der Waals surface area (Å²) in [5, 5.41) is 11.3. The third kappa shape index (κ3) is 1.97. The molecule has 3 rings (SSSR count). The van der Waals surface area contributed by atoms with Crippen molar-refractivity contribution < 1.29 is 9.42 Å². The van der Waals surface area contributed by atoms with E-state index in [1.807, 2.05) is 18.2 Å². The molecule has 2 aromatic heterocycles. The molecule has 0 aliphatic carbocycles. The molecule has 0 bridgehead atoms. The maximum absolute atomic E-state index is 12.0. The Morgan fingerprint density at radius 3 is 2.95 bits per heavy atom. The number of nitrogen functional groups attached to an aromatic ring is 1. The zero-order valence-corrected chi connectivity index (χ0v) is 9.70. The van der Waals surface area contributed by atoms with E-state index in [1.165, 1.54) is 0 Å². The van der Waals surface area contributed by atoms with Crippen LogP contribution in [0.4, 0.5) is 11.5 Å². The molecule has 0 fully saturated rings. The van der Waals surface area contributed by atoms with Crippen LogP contribution in [0.15, 0.2) is 41.3 Å². The summed E-state index contributed by atoms with van der Waals surface area (Å²) in [7, 11) is 0. The number of benzene rings is 1. The summed E-state index contributed by atoms with van der Waals surface area (Å²) in [4.78, 5) is 16.0. The van der Waals surface area contributed by atoms with Gasteiger partial charge in [-0.25, -0.2) is 4.63 Å². The van der Waals surface area contributed by atoms with Crippen molar-refractivity contribution in [2.75, 3.05) is 11.1 Å². The number of rotatable bonds is 2. The molecule has 0 radical (unpaired) electrons. The van der Waals surface area contributed by atoms with E-state index in [2.05, 4.69) is 25.2 Å². The summed E-state index contributed by atoms with van der Waals surface area (Å²) in [6.45, 7) is 0. The second-order valence-electron chi connectivity index (χ2n) is 3.85. The second-order valence-corrected chi connectivity index (χ2v) is 3.85. The van der Waals surface area contributed by atoms with Gasteiger partial charge < -0.3 is 11.1 Å². The molecular formula is C12H9N5O2. The van der Waals surface area contributed by atoms with Crippen LogP contribution in [-0.2, 0) is 0 Å². The van der Waals surface area contributed by atoms with Crippen LogP contribution in [0.25, 0.3) is 10.8 Å². The summed E-state index contributed by atoms with van der Waals surface area (Å²) in [6, 6.07) is 7.39. The van der Waals surface area contributed by atoms with Crippen LogP contribution in [0, 0.1) is 0 Å². The topological polar surface area (TPSA) is 107 Å². The van der Waals surface area contributed by atoms with Gasteiger partial charge in [0.2, 0.25) is 11.5 Å². The van der Waals surface area contributed by atoms with Gasteiger partial charge in [0.05, 0.1) is 5.69 Å². The summed E-state index contributed by atoms with van der Waals surface area (Å²) >= 11 is 0. The van der Waals surface area contributed by atoms with Gasteiger partial charge in [-0.3, -0.25) is 9.78 Å². The predicted molar refractivity (Wildman–Crippen MR) is 68.4 cm³/mol. The van der Waals surface area contributed by atoms with Crippen molar-refractivity contribution in [2.24, 2.45) is 0 Å². The second kappa shape index (κ2) is 4.37. The first kappa shape index (κ1) is 11.1. The Balaban J connectivity index is 1.98. The lowest BCUT2D eigenvalue weighted by Gasteiger charge is -2.06. The van der Waals surface area contributed by atoms with E-state index in [9.17, 15) is 4.79 Å². The summed E-state index contributed by atoms with van der Waals surface area (Å²) in [6.07, 6.45) is 3.36. The fourth-order valence-electron chi connectivity index (χ4n) is 1.76. The number of nitrogens with zero attached hydrogens (tertiary/aromatic N) is 3. The molecule has 0 unspecified atom stereocenters. The molecule has 0 spiro atoms. The van der Waals surface area contributed by atoms with E-state index in [0.29, 0.717) is 5.69 Å². The Morgan fingerprint density at radius 1 is 1.26 bits per heavy atom. The van der Waals surface area contributed by atoms with Gasteiger partial charge in [0.15, 0.2) is 0 Å². The molecule has 94 valence electrons. The zero-order valence-electron chi connectivity index (χ0n) is 9.70. The lowest BCUT2D eigenvalue weighted by atomic mass is 10.1. The van der Waals surface area contributed by atoms with E-state index in [4.69, 9.17) is 5.73 Å². The molecule has 0 atom stereocenters. The number of aromatic nitrogens is 3. The summed E-state index contributed by atoms with van der Waals surface area (Å²) in [5.41, 5.74) is 6.05. The number of fused-ring (bicyclic) bond motifs is 1. The SMILES string of the molecule is Nc1nonc1C(=O)Nc1cccc2ccncc12. The number of carbonyl (C=O) groups excluding carboxylic acids is 1. The highest BCUT2D eigenvalue weighted by atomic mass is 16.6. The molecule has 1 amide bonds. The van der Waals surface area contributed by atoms with Gasteiger partial charge in [-0.15, -0.1) is 0 Å². The average Bonchev–Trinajstić information content (AvgIpc) is 2.85. The van der Waals surface area contributed by atoms with Crippen LogP contribution >= 0.6 is 0 Å². The van der Waals surface area contributed by atoms with Crippen molar-refractivity contribution in [1.82, 2.24) is 15.3 Å². The summed E-state index contributed by atoms with van der Waals surface area (Å²) < 4.78 is 4.39. The highest BCUT2D eigenvalue weighted by Gasteiger charge is 2.16. The van der Waals surface area contributed by atoms with Gasteiger partial charge >= 0.3 is 0 Å². The van der Waals surface area contributed by atoms with Gasteiger partial charge in [-0.1, -0.05) is 12.1 Å². The maximum atomic E-state index is 12.0. The number of amides is 1. The third-order valence-electron chi connectivity index (χ3n) is 2.66. The quantitative estimate of drug-likeness (QED) is 0.717. The van der Waals surface area contributed by atoms with Gasteiger partial charge in [0.25, 0.3) is 5.91 Å². The molecule has 19 heavy (non-hydrogen) atoms. The fraction of sp³-hybridized carbons (Fsp3) is 0. The molecule has 2 heterocycles. The minimum absolute atomic E-state index is 0.0408. The molecule has 3 aromatic rings. The van der Waals surface area contributed by atoms with Gasteiger partial charge in [-0.2, -0.15) is 0 Å². The first-order valence-corrected chi connectivity index (χ1v) is 5.48. The highest BCUT2D eigenvalue weighted by Crippen LogP contribution is 2.22. The van der Waals surface area contributed by atoms with E-state index in [-0.39, 0.29) is 11.5 Å². The average molecular weight is 255 g/mol. The first-order chi connectivity index (χ1) is 9.25. The summed E-state index contributed by atoms with van der Waals surface area (Å²) in [5.74, 6) is -0.522. The number of carbonyl (C=O) groups is 1. The monoisotopic (exact) mass is 255 g/mol. The van der Waals surface area contributed by atoms with E-state index in [1.54, 1.807) is 18.5 Å². The third-order valence-corrected chi connectivity index (χ3v) is 2.66. The molecule has 1 aromatic carbocycles. The molecule has 0 saturated heterocycles. The fourth-order valence-corrected chi connectivity index (χ4v) is 1.76. The Morgan fingerprint density at radius 2 is 2.16 bits per heavy atom. The number of pyridine rings is 1. The minimum atomic E-state index is -0.477. The van der Waals surface area contributed by atoms with Crippen molar-refractivity contribution in [3.8, 4) is 0 Å². The number of nitrogens with one attached hydrogen (secondary N) is 1. The van der Waals surface area contributed by atoms with Crippen molar-refractivity contribution in [3.63, 3.8) is 0 Å². The minimum Gasteiger partial charge on any atom is -0.379 e. The van der Waals surface area contributed by atoms with Gasteiger partial charge in [-0.05, 0) is 27.8 Å². The number of anilines is 2. The highest BCUT2D eigenvalue weighted by molar-refractivity contribution is 6.09. The molecule has 3 N–H and O–H groups in total. The lowest BCUT2D eigenvalue weighted by molar-refractivity contribution is 0.101. The first-order valence-electron chi connectivity index (χ1n) is 5.48. The zero-order chi connectivity index (χ0) is 13.2. The Kier molecular flexibility index (Phi) is 2.57. The molecule has 7 heteroatoms. The maximum Gasteiger partial charge on any atom is 0.281 e. The smallest absolute Gasteiger partial charge is 0.281 e. The van der Waals surface area contributed by atoms with E-state index >= 15 is 0 Å². The molecule has 0 saturated carbocycles. The van der Waals surface area contributed by atoms with Crippen LogP contribution in [-0.4, -0.2) is 21.2 Å². The van der Waals surface area contributed by atoms with E-state index < -0.39 is 5.91 Å². The number of hydrogen-bond acceptors (Lipinski definition) is 6. The standard InChI is InChI=1S/C12H9N5O2/c13-11-10(16-19-17-11)12(18)15-9-3-1-2-7-4-5-14-6-8(7)9/h1-6H,(H2,13,17)(H,15,18). The number of nitrogens with two attached hydrogens (primary N) is 1. The van der Waals surface area contributed by atoms with E-state index in [0.717, 1.165) is 10.8 Å². The van der Waals surface area contributed by atoms with Gasteiger partial charge in [0, 0.05) is 17.8 Å². The normalized spacial score (nSPS) is 10.5. The molecule has 0 aliphatic heterocycles. The van der Waals surface area contributed by atoms with Gasteiger partial charge in [0.1, 0.15) is 0 Å². The molecular weight excluding hydrogens is 246 g/mol. The number of hydrogen-bond donors (Lipinski definition) is 2.